The van der Waals surface area contributed by atoms with Crippen LogP contribution in [-0.2, 0) is 6.54 Å². The highest BCUT2D eigenvalue weighted by molar-refractivity contribution is 7.22. The van der Waals surface area contributed by atoms with E-state index in [1.807, 2.05) is 12.1 Å². The van der Waals surface area contributed by atoms with E-state index in [-0.39, 0.29) is 23.2 Å². The van der Waals surface area contributed by atoms with Crippen molar-refractivity contribution in [3.8, 4) is 5.75 Å². The van der Waals surface area contributed by atoms with Crippen LogP contribution in [0.1, 0.15) is 36.8 Å². The van der Waals surface area contributed by atoms with Gasteiger partial charge >= 0.3 is 0 Å². The molecule has 8 nitrogen and oxygen atoms in total. The Bertz CT molecular complexity index is 1340. The van der Waals surface area contributed by atoms with Gasteiger partial charge in [-0.1, -0.05) is 11.3 Å². The number of hydrogen-bond donors (Lipinski definition) is 1. The molecule has 9 heteroatoms. The van der Waals surface area contributed by atoms with E-state index < -0.39 is 17.7 Å². The largest absolute Gasteiger partial charge is 0.497 e. The summed E-state index contributed by atoms with van der Waals surface area (Å²) in [6.45, 7) is 0.0377. The summed E-state index contributed by atoms with van der Waals surface area (Å²) in [5, 5.41) is 3.18. The van der Waals surface area contributed by atoms with Crippen LogP contribution in [-0.4, -0.2) is 34.7 Å². The molecule has 0 aliphatic carbocycles. The average molecular weight is 433 g/mol. The van der Waals surface area contributed by atoms with Crippen molar-refractivity contribution in [3.63, 3.8) is 0 Å². The number of methoxy groups -OCH3 is 1. The first kappa shape index (κ1) is 19.0. The number of benzene rings is 2. The van der Waals surface area contributed by atoms with Crippen molar-refractivity contribution < 1.29 is 23.5 Å². The van der Waals surface area contributed by atoms with Crippen LogP contribution in [0.15, 0.2) is 59.2 Å². The average Bonchev–Trinajstić information content (AvgIpc) is 3.49. The predicted molar refractivity (Wildman–Crippen MR) is 113 cm³/mol. The summed E-state index contributed by atoms with van der Waals surface area (Å²) in [5.74, 6) is -0.0879. The van der Waals surface area contributed by atoms with Crippen molar-refractivity contribution in [2.75, 3.05) is 12.4 Å². The standard InChI is InChI=1S/C22H15N3O5S/c1-29-13-5-7-17-18(10-13)31-22(23-17)24-19(26)12-4-6-15-16(9-12)21(28)25(20(15)27)11-14-3-2-8-30-14/h2-10H,11H2,1H3,(H,23,24,26). The molecule has 3 heterocycles. The molecule has 1 aliphatic heterocycles. The zero-order valence-corrected chi connectivity index (χ0v) is 17.1. The Balaban J connectivity index is 1.38. The molecule has 0 bridgehead atoms. The molecule has 31 heavy (non-hydrogen) atoms. The first-order valence-electron chi connectivity index (χ1n) is 9.32. The lowest BCUT2D eigenvalue weighted by molar-refractivity contribution is 0.0631. The first-order valence-corrected chi connectivity index (χ1v) is 10.1. The number of imide groups is 1. The Labute approximate surface area is 180 Å². The maximum atomic E-state index is 12.8. The smallest absolute Gasteiger partial charge is 0.261 e. The van der Waals surface area contributed by atoms with Crippen LogP contribution in [0.5, 0.6) is 5.75 Å². The Morgan fingerprint density at radius 2 is 1.97 bits per heavy atom. The van der Waals surface area contributed by atoms with Gasteiger partial charge in [-0.2, -0.15) is 0 Å². The summed E-state index contributed by atoms with van der Waals surface area (Å²) in [7, 11) is 1.58. The lowest BCUT2D eigenvalue weighted by atomic mass is 10.1. The molecule has 0 unspecified atom stereocenters. The predicted octanol–water partition coefficient (Wildman–Crippen LogP) is 3.95. The quantitative estimate of drug-likeness (QED) is 0.478. The number of ether oxygens (including phenoxy) is 1. The van der Waals surface area contributed by atoms with Gasteiger partial charge in [0.05, 0.1) is 41.3 Å². The molecule has 0 radical (unpaired) electrons. The van der Waals surface area contributed by atoms with Gasteiger partial charge in [0, 0.05) is 5.56 Å². The van der Waals surface area contributed by atoms with Crippen LogP contribution >= 0.6 is 11.3 Å². The minimum Gasteiger partial charge on any atom is -0.497 e. The molecule has 1 N–H and O–H groups in total. The van der Waals surface area contributed by atoms with Gasteiger partial charge in [0.25, 0.3) is 17.7 Å². The summed E-state index contributed by atoms with van der Waals surface area (Å²) in [6.07, 6.45) is 1.48. The molecule has 4 aromatic rings. The van der Waals surface area contributed by atoms with E-state index in [1.165, 1.54) is 35.8 Å². The van der Waals surface area contributed by atoms with Gasteiger partial charge in [0.1, 0.15) is 11.5 Å². The summed E-state index contributed by atoms with van der Waals surface area (Å²) < 4.78 is 11.3. The molecule has 0 atom stereocenters. The second-order valence-electron chi connectivity index (χ2n) is 6.84. The summed E-state index contributed by atoms with van der Waals surface area (Å²) in [4.78, 5) is 43.6. The van der Waals surface area contributed by atoms with Crippen molar-refractivity contribution in [3.05, 3.63) is 77.2 Å². The Morgan fingerprint density at radius 1 is 1.13 bits per heavy atom. The topological polar surface area (TPSA) is 102 Å². The van der Waals surface area contributed by atoms with E-state index in [2.05, 4.69) is 10.3 Å². The third-order valence-electron chi connectivity index (χ3n) is 4.94. The molecular weight excluding hydrogens is 418 g/mol. The van der Waals surface area contributed by atoms with Crippen LogP contribution in [0.25, 0.3) is 10.2 Å². The van der Waals surface area contributed by atoms with Gasteiger partial charge in [0.2, 0.25) is 0 Å². The van der Waals surface area contributed by atoms with Crippen LogP contribution in [0.3, 0.4) is 0 Å². The fourth-order valence-corrected chi connectivity index (χ4v) is 4.28. The summed E-state index contributed by atoms with van der Waals surface area (Å²) in [6, 6.07) is 13.3. The summed E-state index contributed by atoms with van der Waals surface area (Å²) in [5.41, 5.74) is 1.46. The SMILES string of the molecule is COc1ccc2nc(NC(=O)c3ccc4c(c3)C(=O)N(Cc3ccco3)C4=O)sc2c1. The van der Waals surface area contributed by atoms with E-state index in [0.29, 0.717) is 16.6 Å². The lowest BCUT2D eigenvalue weighted by Crippen LogP contribution is -2.28. The number of nitrogens with zero attached hydrogens (tertiary/aromatic N) is 2. The molecule has 0 saturated heterocycles. The number of amides is 3. The minimum atomic E-state index is -0.460. The Hall–Kier alpha value is -3.98. The number of carbonyl (C=O) groups is 3. The fourth-order valence-electron chi connectivity index (χ4n) is 3.39. The second-order valence-corrected chi connectivity index (χ2v) is 7.87. The van der Waals surface area contributed by atoms with Crippen molar-refractivity contribution in [1.29, 1.82) is 0 Å². The van der Waals surface area contributed by atoms with Gasteiger partial charge in [-0.3, -0.25) is 24.6 Å². The maximum absolute atomic E-state index is 12.8. The molecule has 154 valence electrons. The fraction of sp³-hybridized carbons (Fsp3) is 0.0909. The Morgan fingerprint density at radius 3 is 2.74 bits per heavy atom. The van der Waals surface area contributed by atoms with Crippen LogP contribution in [0.4, 0.5) is 5.13 Å². The van der Waals surface area contributed by atoms with Gasteiger partial charge in [0.15, 0.2) is 5.13 Å². The van der Waals surface area contributed by atoms with Crippen molar-refractivity contribution in [1.82, 2.24) is 9.88 Å². The number of furan rings is 1. The summed E-state index contributed by atoms with van der Waals surface area (Å²) >= 11 is 1.32. The van der Waals surface area contributed by atoms with Crippen molar-refractivity contribution in [2.45, 2.75) is 6.54 Å². The first-order chi connectivity index (χ1) is 15.0. The number of aromatic nitrogens is 1. The normalized spacial score (nSPS) is 13.0. The molecule has 0 fully saturated rings. The maximum Gasteiger partial charge on any atom is 0.261 e. The van der Waals surface area contributed by atoms with Gasteiger partial charge < -0.3 is 9.15 Å². The van der Waals surface area contributed by atoms with E-state index in [1.54, 1.807) is 25.3 Å². The zero-order chi connectivity index (χ0) is 21.5. The van der Waals surface area contributed by atoms with E-state index >= 15 is 0 Å². The Kier molecular flexibility index (Phi) is 4.52. The third-order valence-corrected chi connectivity index (χ3v) is 5.88. The molecule has 1 aliphatic rings. The number of rotatable bonds is 5. The number of hydrogen-bond acceptors (Lipinski definition) is 7. The monoisotopic (exact) mass is 433 g/mol. The third kappa shape index (κ3) is 3.34. The van der Waals surface area contributed by atoms with Crippen LogP contribution in [0, 0.1) is 0 Å². The second kappa shape index (κ2) is 7.37. The highest BCUT2D eigenvalue weighted by Crippen LogP contribution is 2.30. The lowest BCUT2D eigenvalue weighted by Gasteiger charge is -2.11. The molecule has 0 spiro atoms. The zero-order valence-electron chi connectivity index (χ0n) is 16.2. The minimum absolute atomic E-state index is 0.0377. The number of nitrogens with one attached hydrogen (secondary N) is 1. The van der Waals surface area contributed by atoms with E-state index in [0.717, 1.165) is 15.1 Å². The van der Waals surface area contributed by atoms with E-state index in [9.17, 15) is 14.4 Å². The number of carbonyl (C=O) groups excluding carboxylic acids is 3. The van der Waals surface area contributed by atoms with Gasteiger partial charge in [-0.15, -0.1) is 0 Å². The van der Waals surface area contributed by atoms with Crippen molar-refractivity contribution in [2.24, 2.45) is 0 Å². The molecular formula is C22H15N3O5S. The molecule has 0 saturated carbocycles. The van der Waals surface area contributed by atoms with Gasteiger partial charge in [-0.05, 0) is 48.5 Å². The highest BCUT2D eigenvalue weighted by Gasteiger charge is 2.36. The number of thiazole rings is 1. The number of fused-ring (bicyclic) bond motifs is 2. The van der Waals surface area contributed by atoms with E-state index in [4.69, 9.17) is 9.15 Å². The van der Waals surface area contributed by atoms with Crippen LogP contribution < -0.4 is 10.1 Å². The molecule has 2 aromatic carbocycles. The van der Waals surface area contributed by atoms with Gasteiger partial charge in [-0.25, -0.2) is 4.98 Å². The van der Waals surface area contributed by atoms with Crippen molar-refractivity contribution >= 4 is 44.4 Å². The molecule has 5 rings (SSSR count). The molecule has 3 amide bonds. The number of anilines is 1. The molecule has 2 aromatic heterocycles. The van der Waals surface area contributed by atoms with Crippen LogP contribution in [0.2, 0.25) is 0 Å². The highest BCUT2D eigenvalue weighted by atomic mass is 32.1.